The predicted octanol–water partition coefficient (Wildman–Crippen LogP) is 3.12. The Morgan fingerprint density at radius 2 is 2.00 bits per heavy atom. The minimum Gasteiger partial charge on any atom is -0.345 e. The zero-order chi connectivity index (χ0) is 18.7. The van der Waals surface area contributed by atoms with Crippen molar-refractivity contribution in [2.24, 2.45) is 5.92 Å². The highest BCUT2D eigenvalue weighted by atomic mass is 19.1. The number of hydrogen-bond acceptors (Lipinski definition) is 3. The van der Waals surface area contributed by atoms with Gasteiger partial charge in [-0.3, -0.25) is 9.69 Å². The highest BCUT2D eigenvalue weighted by Crippen LogP contribution is 2.22. The van der Waals surface area contributed by atoms with E-state index in [4.69, 9.17) is 0 Å². The summed E-state index contributed by atoms with van der Waals surface area (Å²) in [6, 6.07) is 6.55. The molecular formula is C20H27FN4O. The number of carbonyl (C=O) groups excluding carboxylic acids is 1. The lowest BCUT2D eigenvalue weighted by Gasteiger charge is -2.34. The third-order valence-corrected chi connectivity index (χ3v) is 4.99. The first-order valence-electron chi connectivity index (χ1n) is 9.19. The van der Waals surface area contributed by atoms with Gasteiger partial charge in [-0.2, -0.15) is 0 Å². The van der Waals surface area contributed by atoms with Gasteiger partial charge < -0.3 is 9.88 Å². The van der Waals surface area contributed by atoms with Crippen molar-refractivity contribution in [1.82, 2.24) is 19.8 Å². The minimum atomic E-state index is -0.252. The molecule has 1 aliphatic heterocycles. The molecular weight excluding hydrogens is 331 g/mol. The van der Waals surface area contributed by atoms with Gasteiger partial charge in [-0.1, -0.05) is 26.0 Å². The Labute approximate surface area is 154 Å². The molecule has 3 rings (SSSR count). The van der Waals surface area contributed by atoms with Gasteiger partial charge in [0.25, 0.3) is 0 Å². The second kappa shape index (κ2) is 7.99. The maximum Gasteiger partial charge on any atom is 0.224 e. The number of nitrogens with one attached hydrogen (secondary N) is 1. The van der Waals surface area contributed by atoms with Gasteiger partial charge >= 0.3 is 0 Å². The third kappa shape index (κ3) is 4.49. The summed E-state index contributed by atoms with van der Waals surface area (Å²) < 4.78 is 13.2. The zero-order valence-corrected chi connectivity index (χ0v) is 15.7. The van der Waals surface area contributed by atoms with E-state index in [1.807, 2.05) is 18.0 Å². The van der Waals surface area contributed by atoms with E-state index in [1.165, 1.54) is 12.1 Å². The molecule has 1 atom stereocenters. The topological polar surface area (TPSA) is 52.2 Å². The second-order valence-electron chi connectivity index (χ2n) is 7.44. The molecule has 1 saturated heterocycles. The SMILES string of the molecule is Cc1ncc(CN2CCC(=O)N(Cc3ccc(F)cc3)[C@@H](C(C)C)C2)[nH]1. The first-order chi connectivity index (χ1) is 12.4. The number of hydrogen-bond donors (Lipinski definition) is 1. The van der Waals surface area contributed by atoms with Crippen molar-refractivity contribution in [3.8, 4) is 0 Å². The fourth-order valence-electron chi connectivity index (χ4n) is 3.54. The smallest absolute Gasteiger partial charge is 0.224 e. The Balaban J connectivity index is 1.75. The molecule has 140 valence electrons. The molecule has 0 saturated carbocycles. The van der Waals surface area contributed by atoms with Crippen LogP contribution in [0.1, 0.15) is 37.4 Å². The Morgan fingerprint density at radius 1 is 1.27 bits per heavy atom. The van der Waals surface area contributed by atoms with Gasteiger partial charge in [0, 0.05) is 50.5 Å². The first-order valence-corrected chi connectivity index (χ1v) is 9.19. The van der Waals surface area contributed by atoms with Crippen molar-refractivity contribution >= 4 is 5.91 Å². The maximum atomic E-state index is 13.2. The fraction of sp³-hybridized carbons (Fsp3) is 0.500. The van der Waals surface area contributed by atoms with Crippen LogP contribution in [0.3, 0.4) is 0 Å². The van der Waals surface area contributed by atoms with Crippen molar-refractivity contribution < 1.29 is 9.18 Å². The van der Waals surface area contributed by atoms with Crippen molar-refractivity contribution in [2.75, 3.05) is 13.1 Å². The lowest BCUT2D eigenvalue weighted by atomic mass is 10.0. The van der Waals surface area contributed by atoms with Gasteiger partial charge in [0.05, 0.1) is 0 Å². The van der Waals surface area contributed by atoms with Gasteiger partial charge in [-0.05, 0) is 30.5 Å². The number of rotatable bonds is 5. The lowest BCUT2D eigenvalue weighted by Crippen LogP contribution is -2.45. The van der Waals surface area contributed by atoms with Crippen LogP contribution >= 0.6 is 0 Å². The summed E-state index contributed by atoms with van der Waals surface area (Å²) in [5.41, 5.74) is 2.03. The molecule has 0 aliphatic carbocycles. The maximum absolute atomic E-state index is 13.2. The van der Waals surface area contributed by atoms with E-state index < -0.39 is 0 Å². The van der Waals surface area contributed by atoms with Crippen molar-refractivity contribution in [3.63, 3.8) is 0 Å². The van der Waals surface area contributed by atoms with Crippen LogP contribution < -0.4 is 0 Å². The molecule has 0 unspecified atom stereocenters. The van der Waals surface area contributed by atoms with Crippen LogP contribution in [-0.2, 0) is 17.9 Å². The molecule has 1 aromatic heterocycles. The Kier molecular flexibility index (Phi) is 5.71. The van der Waals surface area contributed by atoms with Gasteiger partial charge in [-0.15, -0.1) is 0 Å². The van der Waals surface area contributed by atoms with Crippen molar-refractivity contribution in [1.29, 1.82) is 0 Å². The van der Waals surface area contributed by atoms with Crippen LogP contribution in [0.4, 0.5) is 4.39 Å². The molecule has 0 bridgehead atoms. The highest BCUT2D eigenvalue weighted by Gasteiger charge is 2.31. The van der Waals surface area contributed by atoms with E-state index in [2.05, 4.69) is 28.7 Å². The number of aryl methyl sites for hydroxylation is 1. The molecule has 26 heavy (non-hydrogen) atoms. The van der Waals surface area contributed by atoms with E-state index in [-0.39, 0.29) is 17.8 Å². The van der Waals surface area contributed by atoms with Crippen LogP contribution in [0.25, 0.3) is 0 Å². The average Bonchev–Trinajstić information content (AvgIpc) is 2.94. The van der Waals surface area contributed by atoms with Crippen LogP contribution in [0.15, 0.2) is 30.5 Å². The molecule has 5 nitrogen and oxygen atoms in total. The summed E-state index contributed by atoms with van der Waals surface area (Å²) in [5.74, 6) is 1.15. The van der Waals surface area contributed by atoms with Gasteiger partial charge in [-0.25, -0.2) is 9.37 Å². The quantitative estimate of drug-likeness (QED) is 0.893. The summed E-state index contributed by atoms with van der Waals surface area (Å²) in [6.07, 6.45) is 2.36. The predicted molar refractivity (Wildman–Crippen MR) is 98.8 cm³/mol. The normalized spacial score (nSPS) is 19.2. The van der Waals surface area contributed by atoms with Crippen molar-refractivity contribution in [3.05, 3.63) is 53.4 Å². The van der Waals surface area contributed by atoms with Gasteiger partial charge in [0.1, 0.15) is 11.6 Å². The Hall–Kier alpha value is -2.21. The zero-order valence-electron chi connectivity index (χ0n) is 15.7. The standard InChI is InChI=1S/C20H27FN4O/c1-14(2)19-13-24(12-18-10-22-15(3)23-18)9-8-20(26)25(19)11-16-4-6-17(21)7-5-16/h4-7,10,14,19H,8-9,11-13H2,1-3H3,(H,22,23)/t19-/m1/s1. The van der Waals surface area contributed by atoms with E-state index in [0.717, 1.165) is 36.7 Å². The summed E-state index contributed by atoms with van der Waals surface area (Å²) in [4.78, 5) is 24.6. The summed E-state index contributed by atoms with van der Waals surface area (Å²) in [7, 11) is 0. The van der Waals surface area contributed by atoms with Gasteiger partial charge in [0.2, 0.25) is 5.91 Å². The number of imidazole rings is 1. The Bertz CT molecular complexity index is 741. The van der Waals surface area contributed by atoms with Crippen LogP contribution in [0.2, 0.25) is 0 Å². The molecule has 2 heterocycles. The molecule has 1 amide bonds. The largest absolute Gasteiger partial charge is 0.345 e. The fourth-order valence-corrected chi connectivity index (χ4v) is 3.54. The Morgan fingerprint density at radius 3 is 2.62 bits per heavy atom. The van der Waals surface area contributed by atoms with E-state index in [9.17, 15) is 9.18 Å². The second-order valence-corrected chi connectivity index (χ2v) is 7.44. The molecule has 1 N–H and O–H groups in total. The third-order valence-electron chi connectivity index (χ3n) is 4.99. The average molecular weight is 358 g/mol. The molecule has 0 radical (unpaired) electrons. The van der Waals surface area contributed by atoms with Crippen LogP contribution in [0, 0.1) is 18.7 Å². The van der Waals surface area contributed by atoms with E-state index in [1.54, 1.807) is 12.1 Å². The molecule has 6 heteroatoms. The molecule has 1 aliphatic rings. The number of aromatic nitrogens is 2. The number of halogens is 1. The molecule has 2 aromatic rings. The monoisotopic (exact) mass is 358 g/mol. The number of benzene rings is 1. The van der Waals surface area contributed by atoms with E-state index in [0.29, 0.717) is 18.9 Å². The number of aromatic amines is 1. The lowest BCUT2D eigenvalue weighted by molar-refractivity contribution is -0.134. The van der Waals surface area contributed by atoms with Crippen LogP contribution in [0.5, 0.6) is 0 Å². The number of amides is 1. The van der Waals surface area contributed by atoms with Crippen molar-refractivity contribution in [2.45, 2.75) is 46.3 Å². The molecule has 1 fully saturated rings. The van der Waals surface area contributed by atoms with E-state index >= 15 is 0 Å². The summed E-state index contributed by atoms with van der Waals surface area (Å²) in [5, 5.41) is 0. The first kappa shape index (κ1) is 18.6. The number of nitrogens with zero attached hydrogens (tertiary/aromatic N) is 3. The molecule has 1 aromatic carbocycles. The summed E-state index contributed by atoms with van der Waals surface area (Å²) in [6.45, 7) is 9.10. The van der Waals surface area contributed by atoms with Gasteiger partial charge in [0.15, 0.2) is 0 Å². The van der Waals surface area contributed by atoms with Crippen LogP contribution in [-0.4, -0.2) is 44.8 Å². The number of carbonyl (C=O) groups is 1. The highest BCUT2D eigenvalue weighted by molar-refractivity contribution is 5.77. The summed E-state index contributed by atoms with van der Waals surface area (Å²) >= 11 is 0. The number of H-pyrrole nitrogens is 1. The minimum absolute atomic E-state index is 0.124. The molecule has 0 spiro atoms.